The second kappa shape index (κ2) is 6.80. The van der Waals surface area contributed by atoms with E-state index in [0.29, 0.717) is 0 Å². The molecule has 0 unspecified atom stereocenters. The molecule has 2 nitrogen and oxygen atoms in total. The number of rotatable bonds is 5. The first-order chi connectivity index (χ1) is 11.2. The molecule has 0 saturated carbocycles. The van der Waals surface area contributed by atoms with Gasteiger partial charge < -0.3 is 0 Å². The zero-order valence-corrected chi connectivity index (χ0v) is 14.4. The van der Waals surface area contributed by atoms with Gasteiger partial charge in [0, 0.05) is 10.9 Å². The number of hydrogen-bond donors (Lipinski definition) is 1. The number of allylic oxidation sites excluding steroid dienone is 1. The fraction of sp³-hybridized carbons (Fsp3) is 0.150. The van der Waals surface area contributed by atoms with Crippen LogP contribution in [0, 0.1) is 13.8 Å². The van der Waals surface area contributed by atoms with E-state index < -0.39 is 0 Å². The first-order valence-electron chi connectivity index (χ1n) is 7.71. The molecule has 1 heterocycles. The summed E-state index contributed by atoms with van der Waals surface area (Å²) in [4.78, 5) is 0. The molecule has 0 fully saturated rings. The maximum absolute atomic E-state index is 3.90. The highest BCUT2D eigenvalue weighted by atomic mass is 32.1. The Morgan fingerprint density at radius 1 is 1.13 bits per heavy atom. The van der Waals surface area contributed by atoms with Crippen molar-refractivity contribution in [3.05, 3.63) is 77.7 Å². The predicted octanol–water partition coefficient (Wildman–Crippen LogP) is 5.25. The van der Waals surface area contributed by atoms with Crippen LogP contribution in [0.15, 0.2) is 66.6 Å². The molecule has 0 aliphatic rings. The van der Waals surface area contributed by atoms with E-state index in [4.69, 9.17) is 0 Å². The standard InChI is InChI=1S/C20H20N2S/c1-4-12-22-19(17-8-6-5-7-9-17)14-23-20(22)21-18-11-10-15(2)13-16(18)3/h4-11,13-14H,1,12H2,2-3H3/p+1. The first-order valence-corrected chi connectivity index (χ1v) is 8.59. The fourth-order valence-corrected chi connectivity index (χ4v) is 3.61. The molecule has 0 aliphatic heterocycles. The number of aryl methyl sites for hydroxylation is 2. The summed E-state index contributed by atoms with van der Waals surface area (Å²) in [5.41, 5.74) is 6.12. The smallest absolute Gasteiger partial charge is 0.231 e. The Morgan fingerprint density at radius 2 is 1.91 bits per heavy atom. The van der Waals surface area contributed by atoms with Gasteiger partial charge in [-0.1, -0.05) is 72.0 Å². The quantitative estimate of drug-likeness (QED) is 0.501. The average molecular weight is 321 g/mol. The van der Waals surface area contributed by atoms with E-state index in [1.54, 1.807) is 11.3 Å². The molecule has 3 rings (SSSR count). The molecular formula is C20H21N2S+. The molecule has 0 aliphatic carbocycles. The van der Waals surface area contributed by atoms with Gasteiger partial charge in [-0.2, -0.15) is 0 Å². The molecular weight excluding hydrogens is 300 g/mol. The zero-order valence-electron chi connectivity index (χ0n) is 13.5. The minimum absolute atomic E-state index is 0.779. The van der Waals surface area contributed by atoms with Crippen LogP contribution in [0.1, 0.15) is 11.1 Å². The Balaban J connectivity index is 1.99. The van der Waals surface area contributed by atoms with Crippen LogP contribution in [-0.4, -0.2) is 0 Å². The van der Waals surface area contributed by atoms with Crippen LogP contribution >= 0.6 is 11.3 Å². The van der Waals surface area contributed by atoms with Crippen molar-refractivity contribution in [3.63, 3.8) is 0 Å². The fourth-order valence-electron chi connectivity index (χ4n) is 2.66. The molecule has 2 aromatic carbocycles. The van der Waals surface area contributed by atoms with Crippen molar-refractivity contribution in [2.45, 2.75) is 20.4 Å². The van der Waals surface area contributed by atoms with Crippen LogP contribution in [0.5, 0.6) is 0 Å². The summed E-state index contributed by atoms with van der Waals surface area (Å²) in [7, 11) is 0. The number of hydrogen-bond acceptors (Lipinski definition) is 2. The summed E-state index contributed by atoms with van der Waals surface area (Å²) in [6.07, 6.45) is 1.94. The minimum Gasteiger partial charge on any atom is -0.231 e. The number of aromatic nitrogens is 1. The highest BCUT2D eigenvalue weighted by Crippen LogP contribution is 2.27. The van der Waals surface area contributed by atoms with E-state index in [-0.39, 0.29) is 0 Å². The highest BCUT2D eigenvalue weighted by molar-refractivity contribution is 7.13. The molecule has 23 heavy (non-hydrogen) atoms. The van der Waals surface area contributed by atoms with Gasteiger partial charge in [-0.3, -0.25) is 0 Å². The van der Waals surface area contributed by atoms with E-state index in [1.807, 2.05) is 12.1 Å². The van der Waals surface area contributed by atoms with Gasteiger partial charge in [0.2, 0.25) is 0 Å². The number of anilines is 2. The van der Waals surface area contributed by atoms with Gasteiger partial charge >= 0.3 is 5.13 Å². The zero-order chi connectivity index (χ0) is 16.2. The van der Waals surface area contributed by atoms with Crippen LogP contribution in [0.4, 0.5) is 10.8 Å². The van der Waals surface area contributed by atoms with Crippen LogP contribution in [0.25, 0.3) is 11.3 Å². The Hall–Kier alpha value is -2.39. The van der Waals surface area contributed by atoms with Crippen molar-refractivity contribution in [1.29, 1.82) is 0 Å². The second-order valence-corrected chi connectivity index (χ2v) is 6.49. The number of thiazole rings is 1. The van der Waals surface area contributed by atoms with Gasteiger partial charge in [0.25, 0.3) is 0 Å². The summed E-state index contributed by atoms with van der Waals surface area (Å²) in [6, 6.07) is 17.0. The Bertz CT molecular complexity index is 819. The average Bonchev–Trinajstić information content (AvgIpc) is 2.94. The first kappa shape index (κ1) is 15.5. The highest BCUT2D eigenvalue weighted by Gasteiger charge is 2.19. The van der Waals surface area contributed by atoms with Gasteiger partial charge in [-0.05, 0) is 25.5 Å². The molecule has 1 N–H and O–H groups in total. The largest absolute Gasteiger partial charge is 0.339 e. The molecule has 0 radical (unpaired) electrons. The third-order valence-corrected chi connectivity index (χ3v) is 4.71. The predicted molar refractivity (Wildman–Crippen MR) is 99.3 cm³/mol. The Morgan fingerprint density at radius 3 is 2.61 bits per heavy atom. The molecule has 0 amide bonds. The van der Waals surface area contributed by atoms with E-state index in [0.717, 1.165) is 17.4 Å². The molecule has 116 valence electrons. The number of benzene rings is 2. The molecule has 0 bridgehead atoms. The lowest BCUT2D eigenvalue weighted by Crippen LogP contribution is -2.35. The maximum atomic E-state index is 3.90. The van der Waals surface area contributed by atoms with Gasteiger partial charge in [0.1, 0.15) is 17.9 Å². The van der Waals surface area contributed by atoms with E-state index in [1.165, 1.54) is 22.4 Å². The summed E-state index contributed by atoms with van der Waals surface area (Å²) in [6.45, 7) is 8.94. The Kier molecular flexibility index (Phi) is 4.58. The monoisotopic (exact) mass is 321 g/mol. The topological polar surface area (TPSA) is 15.9 Å². The molecule has 0 atom stereocenters. The second-order valence-electron chi connectivity index (χ2n) is 5.63. The van der Waals surface area contributed by atoms with E-state index in [2.05, 4.69) is 78.2 Å². The van der Waals surface area contributed by atoms with Crippen molar-refractivity contribution in [2.75, 3.05) is 5.32 Å². The van der Waals surface area contributed by atoms with Crippen molar-refractivity contribution >= 4 is 22.2 Å². The van der Waals surface area contributed by atoms with Gasteiger partial charge in [0.05, 0.1) is 0 Å². The molecule has 1 aromatic heterocycles. The lowest BCUT2D eigenvalue weighted by molar-refractivity contribution is -0.657. The SMILES string of the molecule is C=CC[n+]1c(-c2ccccc2)csc1Nc1ccc(C)cc1C. The lowest BCUT2D eigenvalue weighted by Gasteiger charge is -2.06. The van der Waals surface area contributed by atoms with Crippen LogP contribution < -0.4 is 9.88 Å². The van der Waals surface area contributed by atoms with Gasteiger partial charge in [-0.15, -0.1) is 0 Å². The van der Waals surface area contributed by atoms with Crippen LogP contribution in [-0.2, 0) is 6.54 Å². The van der Waals surface area contributed by atoms with Crippen molar-refractivity contribution in [1.82, 2.24) is 0 Å². The molecule has 3 heteroatoms. The van der Waals surface area contributed by atoms with Crippen molar-refractivity contribution in [2.24, 2.45) is 0 Å². The summed E-state index contributed by atoms with van der Waals surface area (Å²) in [5, 5.41) is 6.90. The van der Waals surface area contributed by atoms with Crippen molar-refractivity contribution in [3.8, 4) is 11.3 Å². The number of nitrogens with one attached hydrogen (secondary N) is 1. The van der Waals surface area contributed by atoms with E-state index in [9.17, 15) is 0 Å². The summed E-state index contributed by atoms with van der Waals surface area (Å²) >= 11 is 1.72. The third kappa shape index (κ3) is 3.35. The van der Waals surface area contributed by atoms with Crippen LogP contribution in [0.2, 0.25) is 0 Å². The van der Waals surface area contributed by atoms with Gasteiger partial charge in [-0.25, -0.2) is 9.88 Å². The van der Waals surface area contributed by atoms with Crippen LogP contribution in [0.3, 0.4) is 0 Å². The summed E-state index contributed by atoms with van der Waals surface area (Å²) in [5.74, 6) is 0. The number of nitrogens with zero attached hydrogens (tertiary/aromatic N) is 1. The summed E-state index contributed by atoms with van der Waals surface area (Å²) < 4.78 is 2.27. The Labute approximate surface area is 141 Å². The van der Waals surface area contributed by atoms with E-state index >= 15 is 0 Å². The van der Waals surface area contributed by atoms with Gasteiger partial charge in [0.15, 0.2) is 0 Å². The minimum atomic E-state index is 0.779. The molecule has 0 saturated heterocycles. The normalized spacial score (nSPS) is 10.5. The maximum Gasteiger partial charge on any atom is 0.339 e. The van der Waals surface area contributed by atoms with Crippen molar-refractivity contribution < 1.29 is 4.57 Å². The molecule has 0 spiro atoms. The molecule has 3 aromatic rings. The third-order valence-electron chi connectivity index (χ3n) is 3.82. The lowest BCUT2D eigenvalue weighted by atomic mass is 10.1.